The summed E-state index contributed by atoms with van der Waals surface area (Å²) >= 11 is 1.37. The Hall–Kier alpha value is -1.49. The van der Waals surface area contributed by atoms with Crippen molar-refractivity contribution in [2.45, 2.75) is 20.3 Å². The second kappa shape index (κ2) is 3.94. The fourth-order valence-electron chi connectivity index (χ4n) is 1.25. The fraction of sp³-hybridized carbons (Fsp3) is 0.300. The maximum Gasteiger partial charge on any atom is 0.174 e. The van der Waals surface area contributed by atoms with Gasteiger partial charge in [0.15, 0.2) is 5.78 Å². The van der Waals surface area contributed by atoms with Gasteiger partial charge in [0.05, 0.1) is 10.6 Å². The van der Waals surface area contributed by atoms with Gasteiger partial charge in [0, 0.05) is 12.5 Å². The first-order valence-corrected chi connectivity index (χ1v) is 5.45. The van der Waals surface area contributed by atoms with Crippen LogP contribution in [0, 0.1) is 6.92 Å². The molecular formula is C10H10N2O2S. The van der Waals surface area contributed by atoms with Gasteiger partial charge in [-0.1, -0.05) is 12.1 Å². The van der Waals surface area contributed by atoms with E-state index in [4.69, 9.17) is 4.52 Å². The summed E-state index contributed by atoms with van der Waals surface area (Å²) in [6.07, 6.45) is 1.99. The van der Waals surface area contributed by atoms with Crippen molar-refractivity contribution in [1.29, 1.82) is 0 Å². The van der Waals surface area contributed by atoms with Gasteiger partial charge in [-0.05, 0) is 6.92 Å². The summed E-state index contributed by atoms with van der Waals surface area (Å²) in [6.45, 7) is 3.68. The first-order chi connectivity index (χ1) is 7.22. The van der Waals surface area contributed by atoms with Crippen LogP contribution < -0.4 is 0 Å². The molecule has 0 aliphatic carbocycles. The lowest BCUT2D eigenvalue weighted by Gasteiger charge is -1.90. The molecule has 0 saturated carbocycles. The Morgan fingerprint density at radius 3 is 3.00 bits per heavy atom. The van der Waals surface area contributed by atoms with Crippen molar-refractivity contribution in [3.05, 3.63) is 22.9 Å². The molecule has 78 valence electrons. The zero-order valence-electron chi connectivity index (χ0n) is 8.48. The summed E-state index contributed by atoms with van der Waals surface area (Å²) in [5.74, 6) is 0.125. The third kappa shape index (κ3) is 1.83. The number of thiazole rings is 1. The van der Waals surface area contributed by atoms with Crippen molar-refractivity contribution in [3.63, 3.8) is 0 Å². The Morgan fingerprint density at radius 1 is 1.60 bits per heavy atom. The molecule has 0 radical (unpaired) electrons. The summed E-state index contributed by atoms with van der Waals surface area (Å²) in [4.78, 5) is 16.6. The van der Waals surface area contributed by atoms with Crippen LogP contribution in [0.4, 0.5) is 0 Å². The number of ketones is 1. The Balaban J connectivity index is 2.41. The van der Waals surface area contributed by atoms with Gasteiger partial charge in [-0.2, -0.15) is 0 Å². The second-order valence-corrected chi connectivity index (χ2v) is 4.09. The predicted octanol–water partition coefficient (Wildman–Crippen LogP) is 2.70. The van der Waals surface area contributed by atoms with Crippen LogP contribution in [0.5, 0.6) is 0 Å². The minimum Gasteiger partial charge on any atom is -0.364 e. The van der Waals surface area contributed by atoms with Crippen LogP contribution >= 0.6 is 11.3 Å². The third-order valence-electron chi connectivity index (χ3n) is 2.03. The summed E-state index contributed by atoms with van der Waals surface area (Å²) in [5.41, 5.74) is 1.45. The fourth-order valence-corrected chi connectivity index (χ4v) is 2.29. The molecule has 0 atom stereocenters. The lowest BCUT2D eigenvalue weighted by atomic mass is 10.2. The normalized spacial score (nSPS) is 10.5. The smallest absolute Gasteiger partial charge is 0.174 e. The molecule has 0 aliphatic heterocycles. The topological polar surface area (TPSA) is 56.0 Å². The monoisotopic (exact) mass is 222 g/mol. The van der Waals surface area contributed by atoms with Gasteiger partial charge in [-0.25, -0.2) is 4.98 Å². The predicted molar refractivity (Wildman–Crippen MR) is 57.0 cm³/mol. The van der Waals surface area contributed by atoms with Crippen molar-refractivity contribution in [2.75, 3.05) is 0 Å². The molecule has 2 heterocycles. The molecular weight excluding hydrogens is 212 g/mol. The van der Waals surface area contributed by atoms with Crippen molar-refractivity contribution >= 4 is 17.1 Å². The highest BCUT2D eigenvalue weighted by Gasteiger charge is 2.15. The van der Waals surface area contributed by atoms with E-state index >= 15 is 0 Å². The maximum absolute atomic E-state index is 11.5. The van der Waals surface area contributed by atoms with Crippen molar-refractivity contribution in [1.82, 2.24) is 10.1 Å². The maximum atomic E-state index is 11.5. The van der Waals surface area contributed by atoms with E-state index in [1.54, 1.807) is 6.07 Å². The first kappa shape index (κ1) is 10.0. The molecule has 2 rings (SSSR count). The molecule has 0 saturated heterocycles. The Labute approximate surface area is 90.9 Å². The standard InChI is InChI=1S/C10H10N2O2S/c1-3-8(13)9-6(2)11-10(15-9)7-4-5-14-12-7/h4-5H,3H2,1-2H3. The summed E-state index contributed by atoms with van der Waals surface area (Å²) in [7, 11) is 0. The highest BCUT2D eigenvalue weighted by Crippen LogP contribution is 2.27. The number of Topliss-reactive ketones (excluding diaryl/α,β-unsaturated/α-hetero) is 1. The largest absolute Gasteiger partial charge is 0.364 e. The van der Waals surface area contributed by atoms with Gasteiger partial charge < -0.3 is 4.52 Å². The molecule has 0 unspecified atom stereocenters. The zero-order chi connectivity index (χ0) is 10.8. The van der Waals surface area contributed by atoms with Gasteiger partial charge in [0.2, 0.25) is 0 Å². The first-order valence-electron chi connectivity index (χ1n) is 4.63. The van der Waals surface area contributed by atoms with E-state index in [-0.39, 0.29) is 5.78 Å². The van der Waals surface area contributed by atoms with Crippen LogP contribution in [0.15, 0.2) is 16.9 Å². The van der Waals surface area contributed by atoms with Crippen LogP contribution in [-0.4, -0.2) is 15.9 Å². The van der Waals surface area contributed by atoms with E-state index in [1.165, 1.54) is 17.6 Å². The van der Waals surface area contributed by atoms with Crippen LogP contribution in [0.3, 0.4) is 0 Å². The Morgan fingerprint density at radius 2 is 2.40 bits per heavy atom. The van der Waals surface area contributed by atoms with Gasteiger partial charge >= 0.3 is 0 Å². The lowest BCUT2D eigenvalue weighted by molar-refractivity contribution is 0.0991. The van der Waals surface area contributed by atoms with Crippen LogP contribution in [0.1, 0.15) is 28.7 Å². The molecule has 4 nitrogen and oxygen atoms in total. The quantitative estimate of drug-likeness (QED) is 0.749. The molecule has 0 aromatic carbocycles. The number of hydrogen-bond acceptors (Lipinski definition) is 5. The number of hydrogen-bond donors (Lipinski definition) is 0. The van der Waals surface area contributed by atoms with E-state index in [0.29, 0.717) is 12.1 Å². The van der Waals surface area contributed by atoms with E-state index in [2.05, 4.69) is 10.1 Å². The van der Waals surface area contributed by atoms with Crippen LogP contribution in [0.2, 0.25) is 0 Å². The van der Waals surface area contributed by atoms with Gasteiger partial charge in [-0.3, -0.25) is 4.79 Å². The van der Waals surface area contributed by atoms with Gasteiger partial charge in [0.1, 0.15) is 17.0 Å². The number of aromatic nitrogens is 2. The van der Waals surface area contributed by atoms with Crippen molar-refractivity contribution in [3.8, 4) is 10.7 Å². The summed E-state index contributed by atoms with van der Waals surface area (Å²) in [6, 6.07) is 1.73. The molecule has 15 heavy (non-hydrogen) atoms. The molecule has 0 bridgehead atoms. The Bertz CT molecular complexity index is 474. The highest BCUT2D eigenvalue weighted by atomic mass is 32.1. The van der Waals surface area contributed by atoms with Crippen molar-refractivity contribution in [2.24, 2.45) is 0 Å². The highest BCUT2D eigenvalue weighted by molar-refractivity contribution is 7.17. The molecule has 5 heteroatoms. The molecule has 0 aliphatic rings. The molecule has 2 aromatic heterocycles. The second-order valence-electron chi connectivity index (χ2n) is 3.09. The van der Waals surface area contributed by atoms with Gasteiger partial charge in [-0.15, -0.1) is 11.3 Å². The zero-order valence-corrected chi connectivity index (χ0v) is 9.30. The van der Waals surface area contributed by atoms with Crippen molar-refractivity contribution < 1.29 is 9.32 Å². The summed E-state index contributed by atoms with van der Waals surface area (Å²) in [5, 5.41) is 4.52. The van der Waals surface area contributed by atoms with E-state index in [1.807, 2.05) is 13.8 Å². The van der Waals surface area contributed by atoms with Crippen LogP contribution in [0.25, 0.3) is 10.7 Å². The van der Waals surface area contributed by atoms with E-state index in [0.717, 1.165) is 15.6 Å². The van der Waals surface area contributed by atoms with E-state index in [9.17, 15) is 4.79 Å². The van der Waals surface area contributed by atoms with Gasteiger partial charge in [0.25, 0.3) is 0 Å². The molecule has 2 aromatic rings. The average molecular weight is 222 g/mol. The number of rotatable bonds is 3. The number of carbonyl (C=O) groups is 1. The lowest BCUT2D eigenvalue weighted by Crippen LogP contribution is -1.94. The van der Waals surface area contributed by atoms with E-state index < -0.39 is 0 Å². The minimum absolute atomic E-state index is 0.125. The van der Waals surface area contributed by atoms with Crippen LogP contribution in [-0.2, 0) is 0 Å². The minimum atomic E-state index is 0.125. The molecule has 0 spiro atoms. The summed E-state index contributed by atoms with van der Waals surface area (Å²) < 4.78 is 4.74. The number of carbonyl (C=O) groups excluding carboxylic acids is 1. The average Bonchev–Trinajstić information content (AvgIpc) is 2.84. The number of nitrogens with zero attached hydrogens (tertiary/aromatic N) is 2. The molecule has 0 fully saturated rings. The molecule has 0 N–H and O–H groups in total. The Kier molecular flexibility index (Phi) is 2.64. The SMILES string of the molecule is CCC(=O)c1sc(-c2ccon2)nc1C. The molecule has 0 amide bonds. The third-order valence-corrected chi connectivity index (χ3v) is 3.25. The number of aryl methyl sites for hydroxylation is 1.